The largest absolute Gasteiger partial charge is 0.473 e. The molecule has 4 rings (SSSR count). The molecule has 138 valence electrons. The number of pyridine rings is 1. The molecule has 0 N–H and O–H groups in total. The molecule has 0 aliphatic carbocycles. The number of hydrogen-bond donors (Lipinski definition) is 0. The van der Waals surface area contributed by atoms with Gasteiger partial charge in [-0.2, -0.15) is 0 Å². The summed E-state index contributed by atoms with van der Waals surface area (Å²) in [5.41, 5.74) is -0.0536. The quantitative estimate of drug-likeness (QED) is 0.595. The third-order valence-corrected chi connectivity index (χ3v) is 5.21. The fraction of sp³-hybridized carbons (Fsp3) is 0.250. The topological polar surface area (TPSA) is 72.6 Å². The first-order chi connectivity index (χ1) is 13.1. The summed E-state index contributed by atoms with van der Waals surface area (Å²) in [6, 6.07) is 12.5. The maximum atomic E-state index is 12.8. The number of rotatable bonds is 3. The Balaban J connectivity index is 1.45. The molecule has 0 saturated carbocycles. The van der Waals surface area contributed by atoms with E-state index in [2.05, 4.69) is 20.9 Å². The molecular weight excluding hydrogens is 412 g/mol. The Morgan fingerprint density at radius 1 is 1.19 bits per heavy atom. The monoisotopic (exact) mass is 428 g/mol. The van der Waals surface area contributed by atoms with Crippen LogP contribution in [0.3, 0.4) is 0 Å². The van der Waals surface area contributed by atoms with Gasteiger partial charge >= 0.3 is 5.63 Å². The Kier molecular flexibility index (Phi) is 4.94. The van der Waals surface area contributed by atoms with Crippen molar-refractivity contribution in [3.05, 3.63) is 69.1 Å². The van der Waals surface area contributed by atoms with E-state index >= 15 is 0 Å². The third-order valence-electron chi connectivity index (χ3n) is 4.60. The lowest BCUT2D eigenvalue weighted by Crippen LogP contribution is -2.43. The molecule has 1 aromatic carbocycles. The molecule has 2 aromatic heterocycles. The average molecular weight is 429 g/mol. The highest BCUT2D eigenvalue weighted by Crippen LogP contribution is 2.25. The normalized spacial score (nSPS) is 15.1. The molecule has 1 aliphatic rings. The highest BCUT2D eigenvalue weighted by atomic mass is 79.9. The van der Waals surface area contributed by atoms with Crippen molar-refractivity contribution in [1.82, 2.24) is 9.88 Å². The Morgan fingerprint density at radius 2 is 1.96 bits per heavy atom. The molecule has 27 heavy (non-hydrogen) atoms. The summed E-state index contributed by atoms with van der Waals surface area (Å²) < 4.78 is 12.0. The zero-order valence-corrected chi connectivity index (χ0v) is 16.0. The minimum absolute atomic E-state index is 0.0201. The molecular formula is C20H17BrN2O4. The van der Waals surface area contributed by atoms with Crippen molar-refractivity contribution in [2.24, 2.45) is 0 Å². The Labute approximate surface area is 163 Å². The van der Waals surface area contributed by atoms with Crippen molar-refractivity contribution >= 4 is 32.8 Å². The van der Waals surface area contributed by atoms with E-state index in [1.807, 2.05) is 24.3 Å². The second-order valence-corrected chi connectivity index (χ2v) is 7.24. The zero-order valence-electron chi connectivity index (χ0n) is 14.4. The minimum atomic E-state index is -0.602. The number of carbonyl (C=O) groups excluding carboxylic acids is 1. The van der Waals surface area contributed by atoms with E-state index in [0.29, 0.717) is 37.4 Å². The van der Waals surface area contributed by atoms with Crippen molar-refractivity contribution in [3.63, 3.8) is 0 Å². The number of amides is 1. The number of para-hydroxylation sites is 1. The van der Waals surface area contributed by atoms with E-state index in [9.17, 15) is 9.59 Å². The average Bonchev–Trinajstić information content (AvgIpc) is 2.69. The number of fused-ring (bicyclic) bond motifs is 1. The van der Waals surface area contributed by atoms with Crippen LogP contribution in [-0.2, 0) is 0 Å². The van der Waals surface area contributed by atoms with E-state index in [0.717, 1.165) is 9.86 Å². The van der Waals surface area contributed by atoms with Gasteiger partial charge in [-0.05, 0) is 40.2 Å². The first kappa shape index (κ1) is 17.7. The Bertz CT molecular complexity index is 1040. The van der Waals surface area contributed by atoms with Gasteiger partial charge in [0.15, 0.2) is 0 Å². The minimum Gasteiger partial charge on any atom is -0.473 e. The summed E-state index contributed by atoms with van der Waals surface area (Å²) >= 11 is 3.42. The summed E-state index contributed by atoms with van der Waals surface area (Å²) in [7, 11) is 0. The van der Waals surface area contributed by atoms with Crippen LogP contribution in [0.2, 0.25) is 0 Å². The lowest BCUT2D eigenvalue weighted by Gasteiger charge is -2.31. The van der Waals surface area contributed by atoms with Crippen LogP contribution < -0.4 is 10.4 Å². The summed E-state index contributed by atoms with van der Waals surface area (Å²) in [6.07, 6.45) is 3.01. The molecule has 6 nitrogen and oxygen atoms in total. The van der Waals surface area contributed by atoms with Crippen molar-refractivity contribution in [1.29, 1.82) is 0 Å². The van der Waals surface area contributed by atoms with E-state index < -0.39 is 5.63 Å². The lowest BCUT2D eigenvalue weighted by atomic mass is 10.1. The van der Waals surface area contributed by atoms with E-state index in [1.165, 1.54) is 0 Å². The van der Waals surface area contributed by atoms with Gasteiger partial charge in [0.1, 0.15) is 17.3 Å². The Morgan fingerprint density at radius 3 is 2.74 bits per heavy atom. The lowest BCUT2D eigenvalue weighted by molar-refractivity contribution is 0.0583. The fourth-order valence-electron chi connectivity index (χ4n) is 3.17. The number of piperidine rings is 1. The second-order valence-electron chi connectivity index (χ2n) is 6.39. The van der Waals surface area contributed by atoms with Crippen molar-refractivity contribution < 1.29 is 13.9 Å². The van der Waals surface area contributed by atoms with Gasteiger partial charge in [0, 0.05) is 37.5 Å². The standard InChI is InChI=1S/C20H17BrN2O4/c21-16-5-3-9-22-18(16)26-14-7-10-23(11-8-14)19(24)15-12-13-4-1-2-6-17(13)27-20(15)25/h1-6,9,12,14H,7-8,10-11H2. The summed E-state index contributed by atoms with van der Waals surface area (Å²) in [4.78, 5) is 30.9. The third kappa shape index (κ3) is 3.73. The van der Waals surface area contributed by atoms with E-state index in [4.69, 9.17) is 9.15 Å². The van der Waals surface area contributed by atoms with Crippen LogP contribution in [0, 0.1) is 0 Å². The molecule has 0 bridgehead atoms. The van der Waals surface area contributed by atoms with Gasteiger partial charge in [-0.15, -0.1) is 0 Å². The maximum Gasteiger partial charge on any atom is 0.349 e. The number of carbonyl (C=O) groups is 1. The molecule has 0 atom stereocenters. The molecule has 0 radical (unpaired) electrons. The van der Waals surface area contributed by atoms with Gasteiger partial charge < -0.3 is 14.1 Å². The van der Waals surface area contributed by atoms with E-state index in [-0.39, 0.29) is 17.6 Å². The van der Waals surface area contributed by atoms with Gasteiger partial charge in [0.25, 0.3) is 5.91 Å². The maximum absolute atomic E-state index is 12.8. The first-order valence-electron chi connectivity index (χ1n) is 8.71. The van der Waals surface area contributed by atoms with Crippen molar-refractivity contribution in [2.75, 3.05) is 13.1 Å². The summed E-state index contributed by atoms with van der Waals surface area (Å²) in [5, 5.41) is 0.735. The van der Waals surface area contributed by atoms with Gasteiger partial charge in [0.05, 0.1) is 4.47 Å². The second kappa shape index (κ2) is 7.52. The SMILES string of the molecule is O=C(c1cc2ccccc2oc1=O)N1CCC(Oc2ncccc2Br)CC1. The Hall–Kier alpha value is -2.67. The highest BCUT2D eigenvalue weighted by molar-refractivity contribution is 9.10. The molecule has 1 aliphatic heterocycles. The summed E-state index contributed by atoms with van der Waals surface area (Å²) in [6.45, 7) is 1.03. The predicted octanol–water partition coefficient (Wildman–Crippen LogP) is 3.63. The number of likely N-dealkylation sites (tertiary alicyclic amines) is 1. The molecule has 0 unspecified atom stereocenters. The van der Waals surface area contributed by atoms with Crippen LogP contribution >= 0.6 is 15.9 Å². The molecule has 1 saturated heterocycles. The van der Waals surface area contributed by atoms with Crippen LogP contribution in [0.15, 0.2) is 62.3 Å². The van der Waals surface area contributed by atoms with Crippen LogP contribution in [0.5, 0.6) is 5.88 Å². The fourth-order valence-corrected chi connectivity index (χ4v) is 3.52. The smallest absolute Gasteiger partial charge is 0.349 e. The number of aromatic nitrogens is 1. The number of benzene rings is 1. The van der Waals surface area contributed by atoms with Crippen molar-refractivity contribution in [3.8, 4) is 5.88 Å². The number of hydrogen-bond acceptors (Lipinski definition) is 5. The molecule has 0 spiro atoms. The number of halogens is 1. The molecule has 3 heterocycles. The van der Waals surface area contributed by atoms with Crippen molar-refractivity contribution in [2.45, 2.75) is 18.9 Å². The molecule has 1 fully saturated rings. The molecule has 7 heteroatoms. The van der Waals surface area contributed by atoms with E-state index in [1.54, 1.807) is 29.3 Å². The van der Waals surface area contributed by atoms with Crippen LogP contribution in [0.25, 0.3) is 11.0 Å². The predicted molar refractivity (Wildman–Crippen MR) is 104 cm³/mol. The van der Waals surface area contributed by atoms with Crippen LogP contribution in [0.4, 0.5) is 0 Å². The van der Waals surface area contributed by atoms with Crippen LogP contribution in [0.1, 0.15) is 23.2 Å². The van der Waals surface area contributed by atoms with Crippen LogP contribution in [-0.4, -0.2) is 35.0 Å². The first-order valence-corrected chi connectivity index (χ1v) is 9.50. The number of ether oxygens (including phenoxy) is 1. The molecule has 1 amide bonds. The number of nitrogens with zero attached hydrogens (tertiary/aromatic N) is 2. The zero-order chi connectivity index (χ0) is 18.8. The summed E-state index contributed by atoms with van der Waals surface area (Å²) in [5.74, 6) is 0.254. The van der Waals surface area contributed by atoms with Gasteiger partial charge in [-0.1, -0.05) is 18.2 Å². The van der Waals surface area contributed by atoms with Gasteiger partial charge in [-0.3, -0.25) is 4.79 Å². The van der Waals surface area contributed by atoms with Gasteiger partial charge in [-0.25, -0.2) is 9.78 Å². The van der Waals surface area contributed by atoms with Gasteiger partial charge in [0.2, 0.25) is 5.88 Å². The highest BCUT2D eigenvalue weighted by Gasteiger charge is 2.27. The molecule has 3 aromatic rings.